The van der Waals surface area contributed by atoms with Gasteiger partial charge in [-0.2, -0.15) is 13.2 Å². The smallest absolute Gasteiger partial charge is 0.419 e. The van der Waals surface area contributed by atoms with Crippen molar-refractivity contribution in [2.75, 3.05) is 42.6 Å². The molecule has 0 spiro atoms. The van der Waals surface area contributed by atoms with Crippen molar-refractivity contribution in [3.05, 3.63) is 30.4 Å². The Labute approximate surface area is 195 Å². The molecule has 13 heteroatoms. The summed E-state index contributed by atoms with van der Waals surface area (Å²) in [6.07, 6.45) is -2.34. The molecule has 34 heavy (non-hydrogen) atoms. The molecule has 0 aromatic carbocycles. The number of piperazine rings is 1. The van der Waals surface area contributed by atoms with Crippen LogP contribution in [-0.4, -0.2) is 64.9 Å². The van der Waals surface area contributed by atoms with Gasteiger partial charge in [0.05, 0.1) is 5.56 Å². The number of amides is 1. The first kappa shape index (κ1) is 25.2. The lowest BCUT2D eigenvalue weighted by Crippen LogP contribution is -2.47. The second-order valence-electron chi connectivity index (χ2n) is 9.09. The van der Waals surface area contributed by atoms with Gasteiger partial charge < -0.3 is 25.0 Å². The Morgan fingerprint density at radius 3 is 2.24 bits per heavy atom. The summed E-state index contributed by atoms with van der Waals surface area (Å²) in [6, 6.07) is 1.68. The van der Waals surface area contributed by atoms with E-state index >= 15 is 0 Å². The zero-order valence-corrected chi connectivity index (χ0v) is 19.2. The fraction of sp³-hybridized carbons (Fsp3) is 0.571. The molecule has 2 aromatic rings. The van der Waals surface area contributed by atoms with Crippen LogP contribution in [0.1, 0.15) is 32.8 Å². The van der Waals surface area contributed by atoms with Gasteiger partial charge in [0.2, 0.25) is 11.8 Å². The lowest BCUT2D eigenvalue weighted by atomic mass is 9.89. The zero-order chi connectivity index (χ0) is 24.9. The monoisotopic (exact) mass is 483 g/mol. The summed E-state index contributed by atoms with van der Waals surface area (Å²) in [5, 5.41) is 0. The lowest BCUT2D eigenvalue weighted by Gasteiger charge is -2.35. The predicted octanol–water partition coefficient (Wildman–Crippen LogP) is 2.89. The first-order valence-electron chi connectivity index (χ1n) is 10.7. The van der Waals surface area contributed by atoms with Crippen molar-refractivity contribution in [2.45, 2.75) is 39.5 Å². The Morgan fingerprint density at radius 2 is 1.68 bits per heavy atom. The van der Waals surface area contributed by atoms with E-state index < -0.39 is 23.9 Å². The molecule has 1 atom stereocenters. The number of halogens is 3. The summed E-state index contributed by atoms with van der Waals surface area (Å²) in [4.78, 5) is 31.1. The number of alkyl halides is 3. The number of aromatic nitrogens is 4. The molecule has 0 bridgehead atoms. The third-order valence-electron chi connectivity index (χ3n) is 5.02. The van der Waals surface area contributed by atoms with E-state index in [9.17, 15) is 18.0 Å². The maximum absolute atomic E-state index is 12.7. The van der Waals surface area contributed by atoms with Crippen LogP contribution in [0.25, 0.3) is 0 Å². The number of primary amides is 1. The van der Waals surface area contributed by atoms with E-state index in [0.29, 0.717) is 44.3 Å². The maximum atomic E-state index is 12.7. The van der Waals surface area contributed by atoms with Crippen LogP contribution < -0.4 is 20.3 Å². The van der Waals surface area contributed by atoms with Crippen molar-refractivity contribution < 1.29 is 27.4 Å². The average Bonchev–Trinajstić information content (AvgIpc) is 2.76. The van der Waals surface area contributed by atoms with Crippen molar-refractivity contribution in [3.63, 3.8) is 0 Å². The van der Waals surface area contributed by atoms with Crippen molar-refractivity contribution in [1.29, 1.82) is 0 Å². The molecular formula is C21H28F3N7O3. The summed E-state index contributed by atoms with van der Waals surface area (Å²) in [6.45, 7) is 8.26. The highest BCUT2D eigenvalue weighted by Crippen LogP contribution is 2.29. The van der Waals surface area contributed by atoms with E-state index in [2.05, 4.69) is 19.9 Å². The molecular weight excluding hydrogens is 455 g/mol. The van der Waals surface area contributed by atoms with Crippen LogP contribution >= 0.6 is 0 Å². The summed E-state index contributed by atoms with van der Waals surface area (Å²) >= 11 is 0. The van der Waals surface area contributed by atoms with Crippen LogP contribution in [0.5, 0.6) is 5.88 Å². The molecule has 3 rings (SSSR count). The molecule has 0 radical (unpaired) electrons. The minimum absolute atomic E-state index is 0.0930. The predicted molar refractivity (Wildman–Crippen MR) is 118 cm³/mol. The fourth-order valence-corrected chi connectivity index (χ4v) is 3.51. The van der Waals surface area contributed by atoms with Crippen LogP contribution in [0.15, 0.2) is 24.8 Å². The average molecular weight is 483 g/mol. The third-order valence-corrected chi connectivity index (χ3v) is 5.02. The van der Waals surface area contributed by atoms with Crippen LogP contribution in [0, 0.1) is 5.41 Å². The van der Waals surface area contributed by atoms with Crippen molar-refractivity contribution in [3.8, 4) is 5.88 Å². The van der Waals surface area contributed by atoms with Gasteiger partial charge in [-0.3, -0.25) is 0 Å². The van der Waals surface area contributed by atoms with Crippen molar-refractivity contribution in [1.82, 2.24) is 19.9 Å². The summed E-state index contributed by atoms with van der Waals surface area (Å²) in [7, 11) is 0. The minimum atomic E-state index is -4.47. The normalized spacial score (nSPS) is 15.7. The molecule has 2 aromatic heterocycles. The number of anilines is 2. The van der Waals surface area contributed by atoms with Gasteiger partial charge in [0.15, 0.2) is 0 Å². The molecule has 10 nitrogen and oxygen atoms in total. The van der Waals surface area contributed by atoms with Gasteiger partial charge in [-0.25, -0.2) is 24.7 Å². The van der Waals surface area contributed by atoms with Gasteiger partial charge in [0.1, 0.15) is 24.9 Å². The number of ether oxygens (including phenoxy) is 2. The summed E-state index contributed by atoms with van der Waals surface area (Å²) < 4.78 is 49.0. The molecule has 0 saturated carbocycles. The highest BCUT2D eigenvalue weighted by molar-refractivity contribution is 5.64. The van der Waals surface area contributed by atoms with Crippen LogP contribution in [0.3, 0.4) is 0 Å². The second kappa shape index (κ2) is 10.3. The number of hydrogen-bond donors (Lipinski definition) is 1. The molecule has 1 saturated heterocycles. The Kier molecular flexibility index (Phi) is 7.62. The zero-order valence-electron chi connectivity index (χ0n) is 19.2. The van der Waals surface area contributed by atoms with E-state index in [1.54, 1.807) is 6.07 Å². The molecule has 1 unspecified atom stereocenters. The molecule has 3 heterocycles. The largest absolute Gasteiger partial charge is 0.474 e. The Balaban J connectivity index is 1.57. The summed E-state index contributed by atoms with van der Waals surface area (Å²) in [5.74, 6) is 1.21. The van der Waals surface area contributed by atoms with Gasteiger partial charge in [0, 0.05) is 44.6 Å². The molecule has 0 aliphatic carbocycles. The Bertz CT molecular complexity index is 959. The van der Waals surface area contributed by atoms with E-state index in [-0.39, 0.29) is 18.0 Å². The van der Waals surface area contributed by atoms with Gasteiger partial charge >= 0.3 is 12.3 Å². The highest BCUT2D eigenvalue weighted by Gasteiger charge is 2.32. The third kappa shape index (κ3) is 7.32. The SMILES string of the molecule is CC(C)(C)CC(COc1cc(N2CCN(c3ncc(C(F)(F)F)cn3)CC2)ncn1)OC(N)=O. The second-order valence-corrected chi connectivity index (χ2v) is 9.09. The number of carbonyl (C=O) groups excluding carboxylic acids is 1. The van der Waals surface area contributed by atoms with Crippen LogP contribution in [-0.2, 0) is 10.9 Å². The first-order chi connectivity index (χ1) is 15.9. The number of nitrogens with zero attached hydrogens (tertiary/aromatic N) is 6. The number of hydrogen-bond acceptors (Lipinski definition) is 9. The highest BCUT2D eigenvalue weighted by atomic mass is 19.4. The Hall–Kier alpha value is -3.38. The molecule has 1 fully saturated rings. The van der Waals surface area contributed by atoms with Crippen LogP contribution in [0.4, 0.5) is 29.7 Å². The van der Waals surface area contributed by atoms with Gasteiger partial charge in [-0.05, 0) is 11.8 Å². The summed E-state index contributed by atoms with van der Waals surface area (Å²) in [5.41, 5.74) is 4.19. The Morgan fingerprint density at radius 1 is 1.06 bits per heavy atom. The molecule has 2 N–H and O–H groups in total. The standard InChI is InChI=1S/C21H28F3N7O3/c1-20(2,3)9-15(34-18(25)32)12-33-17-8-16(28-13-29-17)30-4-6-31(7-5-30)19-26-10-14(11-27-19)21(22,23)24/h8,10-11,13,15H,4-7,9,12H2,1-3H3,(H2,25,32). The van der Waals surface area contributed by atoms with Crippen LogP contribution in [0.2, 0.25) is 0 Å². The fourth-order valence-electron chi connectivity index (χ4n) is 3.51. The quantitative estimate of drug-likeness (QED) is 0.634. The molecule has 1 aliphatic heterocycles. The van der Waals surface area contributed by atoms with Gasteiger partial charge in [0.25, 0.3) is 0 Å². The minimum Gasteiger partial charge on any atom is -0.474 e. The van der Waals surface area contributed by atoms with E-state index in [0.717, 1.165) is 12.4 Å². The maximum Gasteiger partial charge on any atom is 0.419 e. The molecule has 1 aliphatic rings. The van der Waals surface area contributed by atoms with Crippen molar-refractivity contribution in [2.24, 2.45) is 11.1 Å². The van der Waals surface area contributed by atoms with E-state index in [1.165, 1.54) is 6.33 Å². The van der Waals surface area contributed by atoms with E-state index in [4.69, 9.17) is 15.2 Å². The number of carbonyl (C=O) groups is 1. The van der Waals surface area contributed by atoms with Gasteiger partial charge in [-0.1, -0.05) is 20.8 Å². The lowest BCUT2D eigenvalue weighted by molar-refractivity contribution is -0.138. The topological polar surface area (TPSA) is 120 Å². The van der Waals surface area contributed by atoms with E-state index in [1.807, 2.05) is 30.6 Å². The molecule has 186 valence electrons. The van der Waals surface area contributed by atoms with Crippen molar-refractivity contribution >= 4 is 17.9 Å². The van der Waals surface area contributed by atoms with Gasteiger partial charge in [-0.15, -0.1) is 0 Å². The first-order valence-corrected chi connectivity index (χ1v) is 10.7. The number of rotatable bonds is 7. The molecule has 1 amide bonds. The number of nitrogens with two attached hydrogens (primary N) is 1.